The quantitative estimate of drug-likeness (QED) is 0.536. The van der Waals surface area contributed by atoms with Crippen LogP contribution in [0.5, 0.6) is 11.5 Å². The van der Waals surface area contributed by atoms with E-state index in [4.69, 9.17) is 4.74 Å². The van der Waals surface area contributed by atoms with Gasteiger partial charge >= 0.3 is 0 Å². The highest BCUT2D eigenvalue weighted by atomic mass is 16.5. The molecule has 2 aromatic rings. The second kappa shape index (κ2) is 6.89. The Morgan fingerprint density at radius 2 is 1.22 bits per heavy atom. The first-order valence-electron chi connectivity index (χ1n) is 10.9. The Kier molecular flexibility index (Phi) is 4.38. The van der Waals surface area contributed by atoms with Crippen molar-refractivity contribution in [3.63, 3.8) is 0 Å². The standard InChI is InChI=1S/C25H30O2/c1-27-25-19(17-10-6-3-7-11-17)13-15-21-20-14-12-18(16-8-4-2-5-9-16)24(26)22(20)23(21)25/h12-17,26H,2-11H2,1H3. The van der Waals surface area contributed by atoms with Crippen molar-refractivity contribution in [1.82, 2.24) is 0 Å². The first-order valence-corrected chi connectivity index (χ1v) is 10.9. The number of rotatable bonds is 3. The molecule has 2 heteroatoms. The van der Waals surface area contributed by atoms with Crippen LogP contribution >= 0.6 is 0 Å². The molecule has 0 atom stereocenters. The van der Waals surface area contributed by atoms with Crippen molar-refractivity contribution in [2.75, 3.05) is 7.11 Å². The van der Waals surface area contributed by atoms with Gasteiger partial charge in [0.15, 0.2) is 0 Å². The van der Waals surface area contributed by atoms with Crippen LogP contribution in [0.1, 0.15) is 87.2 Å². The van der Waals surface area contributed by atoms with E-state index < -0.39 is 0 Å². The zero-order valence-electron chi connectivity index (χ0n) is 16.4. The molecule has 27 heavy (non-hydrogen) atoms. The van der Waals surface area contributed by atoms with Crippen molar-refractivity contribution in [2.45, 2.75) is 76.0 Å². The number of phenolic OH excluding ortho intramolecular Hbond substituents is 1. The molecule has 0 unspecified atom stereocenters. The number of ether oxygens (including phenoxy) is 1. The Hall–Kier alpha value is -1.96. The maximum absolute atomic E-state index is 11.2. The van der Waals surface area contributed by atoms with Gasteiger partial charge in [-0.05, 0) is 59.8 Å². The fourth-order valence-corrected chi connectivity index (χ4v) is 5.79. The van der Waals surface area contributed by atoms with Crippen LogP contribution in [0.4, 0.5) is 0 Å². The smallest absolute Gasteiger partial charge is 0.130 e. The lowest BCUT2D eigenvalue weighted by molar-refractivity contribution is 0.387. The van der Waals surface area contributed by atoms with Crippen molar-refractivity contribution in [1.29, 1.82) is 0 Å². The third-order valence-corrected chi connectivity index (χ3v) is 7.23. The summed E-state index contributed by atoms with van der Waals surface area (Å²) in [7, 11) is 1.79. The van der Waals surface area contributed by atoms with Gasteiger partial charge in [-0.2, -0.15) is 0 Å². The third kappa shape index (κ3) is 2.68. The van der Waals surface area contributed by atoms with E-state index in [1.807, 2.05) is 0 Å². The van der Waals surface area contributed by atoms with E-state index in [1.165, 1.54) is 80.9 Å². The van der Waals surface area contributed by atoms with Crippen LogP contribution in [-0.2, 0) is 0 Å². The maximum Gasteiger partial charge on any atom is 0.130 e. The largest absolute Gasteiger partial charge is 0.507 e. The number of phenols is 1. The fourth-order valence-electron chi connectivity index (χ4n) is 5.79. The summed E-state index contributed by atoms with van der Waals surface area (Å²) in [6, 6.07) is 8.93. The van der Waals surface area contributed by atoms with Gasteiger partial charge in [-0.25, -0.2) is 0 Å². The highest BCUT2D eigenvalue weighted by Crippen LogP contribution is 2.59. The molecular formula is C25H30O2. The van der Waals surface area contributed by atoms with Crippen LogP contribution in [0.3, 0.4) is 0 Å². The topological polar surface area (TPSA) is 29.5 Å². The Morgan fingerprint density at radius 3 is 1.81 bits per heavy atom. The Labute approximate surface area is 162 Å². The summed E-state index contributed by atoms with van der Waals surface area (Å²) in [6.07, 6.45) is 12.8. The number of fused-ring (bicyclic) bond motifs is 4. The van der Waals surface area contributed by atoms with E-state index in [0.717, 1.165) is 22.4 Å². The summed E-state index contributed by atoms with van der Waals surface area (Å²) < 4.78 is 5.95. The Balaban J connectivity index is 1.58. The minimum atomic E-state index is 0.514. The lowest BCUT2D eigenvalue weighted by atomic mass is 9.73. The van der Waals surface area contributed by atoms with Crippen LogP contribution in [0, 0.1) is 0 Å². The zero-order chi connectivity index (χ0) is 18.4. The molecule has 0 heterocycles. The maximum atomic E-state index is 11.2. The average molecular weight is 363 g/mol. The van der Waals surface area contributed by atoms with Crippen LogP contribution in [0.2, 0.25) is 0 Å². The molecule has 2 saturated carbocycles. The van der Waals surface area contributed by atoms with E-state index in [0.29, 0.717) is 17.6 Å². The van der Waals surface area contributed by atoms with Gasteiger partial charge < -0.3 is 9.84 Å². The monoisotopic (exact) mass is 362 g/mol. The van der Waals surface area contributed by atoms with Gasteiger partial charge in [-0.3, -0.25) is 0 Å². The molecule has 3 aliphatic rings. The molecule has 3 aliphatic carbocycles. The summed E-state index contributed by atoms with van der Waals surface area (Å²) in [5.74, 6) is 2.65. The summed E-state index contributed by atoms with van der Waals surface area (Å²) in [5, 5.41) is 11.2. The summed E-state index contributed by atoms with van der Waals surface area (Å²) >= 11 is 0. The lowest BCUT2D eigenvalue weighted by Crippen LogP contribution is -2.11. The summed E-state index contributed by atoms with van der Waals surface area (Å²) in [4.78, 5) is 0. The van der Waals surface area contributed by atoms with E-state index in [2.05, 4.69) is 24.3 Å². The number of benzene rings is 2. The van der Waals surface area contributed by atoms with E-state index in [-0.39, 0.29) is 0 Å². The fraction of sp³-hybridized carbons (Fsp3) is 0.520. The summed E-state index contributed by atoms with van der Waals surface area (Å²) in [6.45, 7) is 0. The van der Waals surface area contributed by atoms with E-state index >= 15 is 0 Å². The SMILES string of the molecule is COc1c(C2CCCCC2)ccc2c1-c1c-2ccc(C2CCCCC2)c1O. The number of hydrogen-bond acceptors (Lipinski definition) is 2. The van der Waals surface area contributed by atoms with Crippen molar-refractivity contribution < 1.29 is 9.84 Å². The molecule has 0 aromatic heterocycles. The number of hydrogen-bond donors (Lipinski definition) is 1. The first kappa shape index (κ1) is 17.2. The van der Waals surface area contributed by atoms with Gasteiger partial charge in [0.2, 0.25) is 0 Å². The van der Waals surface area contributed by atoms with Crippen molar-refractivity contribution in [2.24, 2.45) is 0 Å². The van der Waals surface area contributed by atoms with Gasteiger partial charge in [0.25, 0.3) is 0 Å². The van der Waals surface area contributed by atoms with E-state index in [9.17, 15) is 5.11 Å². The molecule has 142 valence electrons. The molecule has 0 radical (unpaired) electrons. The van der Waals surface area contributed by atoms with E-state index in [1.54, 1.807) is 7.11 Å². The van der Waals surface area contributed by atoms with Gasteiger partial charge in [0, 0.05) is 11.1 Å². The molecule has 0 aliphatic heterocycles. The molecule has 2 fully saturated rings. The molecule has 0 bridgehead atoms. The second-order valence-corrected chi connectivity index (χ2v) is 8.71. The molecule has 2 aromatic carbocycles. The number of methoxy groups -OCH3 is 1. The highest BCUT2D eigenvalue weighted by molar-refractivity contribution is 6.08. The third-order valence-electron chi connectivity index (χ3n) is 7.23. The van der Waals surface area contributed by atoms with Gasteiger partial charge in [-0.15, -0.1) is 0 Å². The average Bonchev–Trinajstić information content (AvgIpc) is 2.72. The molecule has 2 nitrogen and oxygen atoms in total. The van der Waals surface area contributed by atoms with Crippen LogP contribution < -0.4 is 4.74 Å². The van der Waals surface area contributed by atoms with Crippen molar-refractivity contribution >= 4 is 0 Å². The molecule has 0 amide bonds. The molecule has 0 saturated heterocycles. The molecule has 0 spiro atoms. The first-order chi connectivity index (χ1) is 13.3. The zero-order valence-corrected chi connectivity index (χ0v) is 16.4. The number of aromatic hydroxyl groups is 1. The molecule has 5 rings (SSSR count). The van der Waals surface area contributed by atoms with Crippen LogP contribution in [-0.4, -0.2) is 12.2 Å². The molecule has 1 N–H and O–H groups in total. The van der Waals surface area contributed by atoms with Crippen molar-refractivity contribution in [3.8, 4) is 33.8 Å². The molecular weight excluding hydrogens is 332 g/mol. The predicted octanol–water partition coefficient (Wildman–Crippen LogP) is 7.14. The van der Waals surface area contributed by atoms with Crippen LogP contribution in [0.25, 0.3) is 22.3 Å². The second-order valence-electron chi connectivity index (χ2n) is 8.71. The predicted molar refractivity (Wildman–Crippen MR) is 111 cm³/mol. The lowest BCUT2D eigenvalue weighted by Gasteiger charge is -2.33. The van der Waals surface area contributed by atoms with Crippen molar-refractivity contribution in [3.05, 3.63) is 35.4 Å². The minimum Gasteiger partial charge on any atom is -0.507 e. The van der Waals surface area contributed by atoms with Gasteiger partial charge in [0.1, 0.15) is 11.5 Å². The van der Waals surface area contributed by atoms with Gasteiger partial charge in [0.05, 0.1) is 7.11 Å². The Morgan fingerprint density at radius 1 is 0.704 bits per heavy atom. The van der Waals surface area contributed by atoms with Crippen LogP contribution in [0.15, 0.2) is 24.3 Å². The normalized spacial score (nSPS) is 19.9. The minimum absolute atomic E-state index is 0.514. The summed E-state index contributed by atoms with van der Waals surface area (Å²) in [5.41, 5.74) is 7.14. The Bertz CT molecular complexity index is 855. The van der Waals surface area contributed by atoms with Gasteiger partial charge in [-0.1, -0.05) is 62.8 Å². The highest BCUT2D eigenvalue weighted by Gasteiger charge is 2.34.